The normalized spacial score (nSPS) is 10.4. The maximum absolute atomic E-state index is 5.75. The lowest BCUT2D eigenvalue weighted by molar-refractivity contribution is 0.305. The number of benzene rings is 2. The fourth-order valence-corrected chi connectivity index (χ4v) is 2.16. The van der Waals surface area contributed by atoms with Crippen LogP contribution in [0.4, 0.5) is 11.4 Å². The van der Waals surface area contributed by atoms with Crippen LogP contribution < -0.4 is 10.1 Å². The highest BCUT2D eigenvalue weighted by molar-refractivity contribution is 5.60. The topological polar surface area (TPSA) is 21.3 Å². The van der Waals surface area contributed by atoms with E-state index in [1.165, 1.54) is 24.8 Å². The van der Waals surface area contributed by atoms with E-state index in [2.05, 4.69) is 55.6 Å². The molecule has 0 saturated heterocycles. The Hall–Kier alpha value is -1.96. The lowest BCUT2D eigenvalue weighted by Crippen LogP contribution is -1.97. The van der Waals surface area contributed by atoms with Gasteiger partial charge in [0.15, 0.2) is 0 Å². The molecule has 2 aromatic carbocycles. The Morgan fingerprint density at radius 1 is 0.810 bits per heavy atom. The van der Waals surface area contributed by atoms with Gasteiger partial charge in [-0.15, -0.1) is 0 Å². The maximum atomic E-state index is 5.75. The monoisotopic (exact) mass is 283 g/mol. The summed E-state index contributed by atoms with van der Waals surface area (Å²) in [5, 5.41) is 3.39. The lowest BCUT2D eigenvalue weighted by atomic mass is 10.2. The summed E-state index contributed by atoms with van der Waals surface area (Å²) in [6.45, 7) is 5.13. The van der Waals surface area contributed by atoms with E-state index in [0.29, 0.717) is 0 Å². The van der Waals surface area contributed by atoms with Gasteiger partial charge in [-0.3, -0.25) is 0 Å². The number of unbranched alkanes of at least 4 members (excludes halogenated alkanes) is 3. The van der Waals surface area contributed by atoms with Gasteiger partial charge in [0, 0.05) is 11.4 Å². The molecular formula is C19H25NO. The minimum absolute atomic E-state index is 0.810. The van der Waals surface area contributed by atoms with Gasteiger partial charge in [-0.05, 0) is 49.7 Å². The number of hydrogen-bond acceptors (Lipinski definition) is 2. The van der Waals surface area contributed by atoms with Crippen LogP contribution in [0, 0.1) is 6.92 Å². The van der Waals surface area contributed by atoms with Crippen LogP contribution in [-0.2, 0) is 0 Å². The number of anilines is 2. The molecule has 0 spiro atoms. The zero-order chi connectivity index (χ0) is 14.9. The van der Waals surface area contributed by atoms with Crippen molar-refractivity contribution < 1.29 is 4.74 Å². The predicted octanol–water partition coefficient (Wildman–Crippen LogP) is 5.70. The van der Waals surface area contributed by atoms with Crippen LogP contribution >= 0.6 is 0 Å². The second-order valence-corrected chi connectivity index (χ2v) is 5.42. The van der Waals surface area contributed by atoms with Crippen molar-refractivity contribution in [3.63, 3.8) is 0 Å². The average molecular weight is 283 g/mol. The summed E-state index contributed by atoms with van der Waals surface area (Å²) >= 11 is 0. The molecule has 0 fully saturated rings. The molecule has 2 nitrogen and oxygen atoms in total. The molecule has 0 amide bonds. The Balaban J connectivity index is 1.80. The highest BCUT2D eigenvalue weighted by atomic mass is 16.5. The molecule has 1 N–H and O–H groups in total. The third kappa shape index (κ3) is 5.50. The summed E-state index contributed by atoms with van der Waals surface area (Å²) in [5.74, 6) is 0.945. The van der Waals surface area contributed by atoms with Crippen molar-refractivity contribution in [2.75, 3.05) is 11.9 Å². The molecule has 0 aliphatic carbocycles. The summed E-state index contributed by atoms with van der Waals surface area (Å²) < 4.78 is 5.75. The smallest absolute Gasteiger partial charge is 0.119 e. The molecule has 2 heteroatoms. The van der Waals surface area contributed by atoms with E-state index < -0.39 is 0 Å². The Morgan fingerprint density at radius 2 is 1.43 bits per heavy atom. The second-order valence-electron chi connectivity index (χ2n) is 5.42. The van der Waals surface area contributed by atoms with Crippen LogP contribution in [0.1, 0.15) is 38.2 Å². The molecule has 0 heterocycles. The average Bonchev–Trinajstić information content (AvgIpc) is 2.51. The summed E-state index contributed by atoms with van der Waals surface area (Å²) in [5.41, 5.74) is 3.46. The summed E-state index contributed by atoms with van der Waals surface area (Å²) in [4.78, 5) is 0. The van der Waals surface area contributed by atoms with Crippen molar-refractivity contribution in [3.05, 3.63) is 54.1 Å². The van der Waals surface area contributed by atoms with E-state index in [1.54, 1.807) is 0 Å². The largest absolute Gasteiger partial charge is 0.494 e. The Morgan fingerprint density at radius 3 is 2.05 bits per heavy atom. The molecule has 0 atom stereocenters. The first-order valence-corrected chi connectivity index (χ1v) is 7.84. The van der Waals surface area contributed by atoms with E-state index in [-0.39, 0.29) is 0 Å². The van der Waals surface area contributed by atoms with Gasteiger partial charge >= 0.3 is 0 Å². The standard InChI is InChI=1S/C19H25NO/c1-3-4-5-6-15-21-19-13-11-18(12-14-19)20-17-9-7-16(2)8-10-17/h7-14,20H,3-6,15H2,1-2H3. The van der Waals surface area contributed by atoms with Crippen LogP contribution in [-0.4, -0.2) is 6.61 Å². The molecule has 2 rings (SSSR count). The van der Waals surface area contributed by atoms with Crippen molar-refractivity contribution in [2.45, 2.75) is 39.5 Å². The SMILES string of the molecule is CCCCCCOc1ccc(Nc2ccc(C)cc2)cc1. The summed E-state index contributed by atoms with van der Waals surface area (Å²) in [7, 11) is 0. The quantitative estimate of drug-likeness (QED) is 0.628. The van der Waals surface area contributed by atoms with Crippen molar-refractivity contribution in [3.8, 4) is 5.75 Å². The summed E-state index contributed by atoms with van der Waals surface area (Å²) in [6, 6.07) is 16.6. The number of nitrogens with one attached hydrogen (secondary N) is 1. The minimum atomic E-state index is 0.810. The highest BCUT2D eigenvalue weighted by Crippen LogP contribution is 2.20. The molecule has 2 aromatic rings. The van der Waals surface area contributed by atoms with Gasteiger partial charge in [0.25, 0.3) is 0 Å². The van der Waals surface area contributed by atoms with Crippen molar-refractivity contribution in [1.82, 2.24) is 0 Å². The Bertz CT molecular complexity index is 516. The first-order chi connectivity index (χ1) is 10.3. The molecule has 0 radical (unpaired) electrons. The molecule has 0 aliphatic rings. The zero-order valence-corrected chi connectivity index (χ0v) is 13.1. The molecule has 112 valence electrons. The number of rotatable bonds is 8. The molecule has 0 aliphatic heterocycles. The third-order valence-electron chi connectivity index (χ3n) is 3.46. The number of hydrogen-bond donors (Lipinski definition) is 1. The van der Waals surface area contributed by atoms with Gasteiger partial charge in [-0.2, -0.15) is 0 Å². The van der Waals surface area contributed by atoms with Gasteiger partial charge in [0.1, 0.15) is 5.75 Å². The van der Waals surface area contributed by atoms with E-state index in [1.807, 2.05) is 12.1 Å². The van der Waals surface area contributed by atoms with Crippen LogP contribution in [0.3, 0.4) is 0 Å². The highest BCUT2D eigenvalue weighted by Gasteiger charge is 1.97. The van der Waals surface area contributed by atoms with Gasteiger partial charge in [0.05, 0.1) is 6.61 Å². The van der Waals surface area contributed by atoms with Crippen LogP contribution in [0.15, 0.2) is 48.5 Å². The molecule has 0 bridgehead atoms. The van der Waals surface area contributed by atoms with E-state index >= 15 is 0 Å². The first-order valence-electron chi connectivity index (χ1n) is 7.84. The van der Waals surface area contributed by atoms with E-state index in [0.717, 1.165) is 30.2 Å². The number of ether oxygens (including phenoxy) is 1. The van der Waals surface area contributed by atoms with Crippen LogP contribution in [0.25, 0.3) is 0 Å². The number of aryl methyl sites for hydroxylation is 1. The van der Waals surface area contributed by atoms with Gasteiger partial charge in [-0.25, -0.2) is 0 Å². The van der Waals surface area contributed by atoms with E-state index in [4.69, 9.17) is 4.74 Å². The predicted molar refractivity (Wildman–Crippen MR) is 90.5 cm³/mol. The van der Waals surface area contributed by atoms with Gasteiger partial charge in [0.2, 0.25) is 0 Å². The van der Waals surface area contributed by atoms with E-state index in [9.17, 15) is 0 Å². The van der Waals surface area contributed by atoms with Crippen LogP contribution in [0.2, 0.25) is 0 Å². The van der Waals surface area contributed by atoms with Crippen molar-refractivity contribution >= 4 is 11.4 Å². The lowest BCUT2D eigenvalue weighted by Gasteiger charge is -2.09. The second kappa shape index (κ2) is 8.35. The maximum Gasteiger partial charge on any atom is 0.119 e. The fraction of sp³-hybridized carbons (Fsp3) is 0.368. The van der Waals surface area contributed by atoms with Gasteiger partial charge in [-0.1, -0.05) is 43.9 Å². The zero-order valence-electron chi connectivity index (χ0n) is 13.1. The molecule has 0 unspecified atom stereocenters. The Labute approximate surface area is 128 Å². The first kappa shape index (κ1) is 15.4. The fourth-order valence-electron chi connectivity index (χ4n) is 2.16. The van der Waals surface area contributed by atoms with Crippen molar-refractivity contribution in [1.29, 1.82) is 0 Å². The minimum Gasteiger partial charge on any atom is -0.494 e. The molecular weight excluding hydrogens is 258 g/mol. The molecule has 21 heavy (non-hydrogen) atoms. The Kier molecular flexibility index (Phi) is 6.14. The van der Waals surface area contributed by atoms with Crippen LogP contribution in [0.5, 0.6) is 5.75 Å². The third-order valence-corrected chi connectivity index (χ3v) is 3.46. The summed E-state index contributed by atoms with van der Waals surface area (Å²) in [6.07, 6.45) is 4.95. The molecule has 0 saturated carbocycles. The van der Waals surface area contributed by atoms with Gasteiger partial charge < -0.3 is 10.1 Å². The molecule has 0 aromatic heterocycles. The van der Waals surface area contributed by atoms with Crippen molar-refractivity contribution in [2.24, 2.45) is 0 Å².